The molecule has 4 heterocycles. The Morgan fingerprint density at radius 3 is 2.63 bits per heavy atom. The summed E-state index contributed by atoms with van der Waals surface area (Å²) >= 11 is 0. The highest BCUT2D eigenvalue weighted by Crippen LogP contribution is 2.33. The average molecular weight is 578 g/mol. The van der Waals surface area contributed by atoms with Crippen LogP contribution in [0.25, 0.3) is 22.1 Å². The fraction of sp³-hybridized carbons (Fsp3) is 0.303. The van der Waals surface area contributed by atoms with Gasteiger partial charge in [0.25, 0.3) is 11.9 Å². The lowest BCUT2D eigenvalue weighted by Gasteiger charge is -2.30. The van der Waals surface area contributed by atoms with Crippen LogP contribution in [0.1, 0.15) is 48.0 Å². The zero-order valence-electron chi connectivity index (χ0n) is 23.5. The maximum absolute atomic E-state index is 12.9. The van der Waals surface area contributed by atoms with E-state index in [0.29, 0.717) is 30.1 Å². The molecule has 3 aliphatic heterocycles. The zero-order valence-corrected chi connectivity index (χ0v) is 23.5. The van der Waals surface area contributed by atoms with Gasteiger partial charge in [-0.3, -0.25) is 24.5 Å². The highest BCUT2D eigenvalue weighted by atomic mass is 16.4. The summed E-state index contributed by atoms with van der Waals surface area (Å²) in [5, 5.41) is 7.58. The summed E-state index contributed by atoms with van der Waals surface area (Å²) in [4.78, 5) is 57.9. The molecular formula is C33H31N5O5. The van der Waals surface area contributed by atoms with Crippen LogP contribution in [0, 0.1) is 5.92 Å². The summed E-state index contributed by atoms with van der Waals surface area (Å²) in [5.74, 6) is -0.0781. The first-order valence-corrected chi connectivity index (χ1v) is 14.7. The van der Waals surface area contributed by atoms with Crippen molar-refractivity contribution in [2.24, 2.45) is 5.92 Å². The Morgan fingerprint density at radius 2 is 1.79 bits per heavy atom. The maximum Gasteiger partial charge on any atom is 0.297 e. The van der Waals surface area contributed by atoms with Gasteiger partial charge in [-0.2, -0.15) is 0 Å². The fourth-order valence-corrected chi connectivity index (χ4v) is 6.43. The van der Waals surface area contributed by atoms with E-state index in [9.17, 15) is 19.2 Å². The number of anilines is 2. The Kier molecular flexibility index (Phi) is 6.89. The number of oxazole rings is 1. The monoisotopic (exact) mass is 577 g/mol. The van der Waals surface area contributed by atoms with Gasteiger partial charge < -0.3 is 19.5 Å². The number of nitrogens with one attached hydrogen (secondary N) is 2. The van der Waals surface area contributed by atoms with Crippen molar-refractivity contribution in [2.45, 2.75) is 44.7 Å². The van der Waals surface area contributed by atoms with Gasteiger partial charge in [-0.1, -0.05) is 42.5 Å². The number of fused-ring (bicyclic) bond motifs is 2. The highest BCUT2D eigenvalue weighted by Gasteiger charge is 2.39. The van der Waals surface area contributed by atoms with E-state index in [0.717, 1.165) is 53.6 Å². The second-order valence-corrected chi connectivity index (χ2v) is 11.5. The molecule has 3 aliphatic rings. The topological polar surface area (TPSA) is 125 Å². The van der Waals surface area contributed by atoms with Crippen LogP contribution in [-0.4, -0.2) is 52.6 Å². The molecule has 10 heteroatoms. The van der Waals surface area contributed by atoms with E-state index < -0.39 is 11.9 Å². The van der Waals surface area contributed by atoms with Gasteiger partial charge in [0, 0.05) is 49.3 Å². The molecule has 0 radical (unpaired) electrons. The number of hydrogen-bond donors (Lipinski definition) is 2. The number of imide groups is 1. The van der Waals surface area contributed by atoms with Gasteiger partial charge in [0.2, 0.25) is 17.7 Å². The van der Waals surface area contributed by atoms with Gasteiger partial charge in [-0.05, 0) is 59.7 Å². The number of rotatable bonds is 6. The summed E-state index contributed by atoms with van der Waals surface area (Å²) in [7, 11) is 0. The first-order valence-electron chi connectivity index (χ1n) is 14.7. The molecule has 3 aromatic carbocycles. The highest BCUT2D eigenvalue weighted by molar-refractivity contribution is 6.05. The van der Waals surface area contributed by atoms with Crippen LogP contribution in [0.15, 0.2) is 71.3 Å². The molecule has 1 atom stereocenters. The lowest BCUT2D eigenvalue weighted by Crippen LogP contribution is -2.52. The fourth-order valence-electron chi connectivity index (χ4n) is 6.43. The molecule has 1 unspecified atom stereocenters. The molecule has 43 heavy (non-hydrogen) atoms. The minimum atomic E-state index is -0.664. The second-order valence-electron chi connectivity index (χ2n) is 11.5. The number of amides is 4. The number of aromatic nitrogens is 1. The predicted molar refractivity (Wildman–Crippen MR) is 160 cm³/mol. The van der Waals surface area contributed by atoms with Gasteiger partial charge in [-0.25, -0.2) is 4.98 Å². The Balaban J connectivity index is 0.932. The van der Waals surface area contributed by atoms with Crippen molar-refractivity contribution in [3.63, 3.8) is 0 Å². The lowest BCUT2D eigenvalue weighted by molar-refractivity contribution is -0.137. The molecule has 0 spiro atoms. The minimum Gasteiger partial charge on any atom is -0.423 e. The summed E-state index contributed by atoms with van der Waals surface area (Å²) in [5.41, 5.74) is 2.92. The van der Waals surface area contributed by atoms with Gasteiger partial charge >= 0.3 is 0 Å². The van der Waals surface area contributed by atoms with Crippen molar-refractivity contribution in [1.29, 1.82) is 0 Å². The molecule has 0 aliphatic carbocycles. The van der Waals surface area contributed by atoms with E-state index in [1.807, 2.05) is 24.3 Å². The van der Waals surface area contributed by atoms with E-state index in [-0.39, 0.29) is 36.6 Å². The van der Waals surface area contributed by atoms with Gasteiger partial charge in [-0.15, -0.1) is 0 Å². The first kappa shape index (κ1) is 26.9. The van der Waals surface area contributed by atoms with Crippen molar-refractivity contribution in [3.05, 3.63) is 78.0 Å². The third-order valence-electron chi connectivity index (χ3n) is 8.71. The molecule has 0 saturated carbocycles. The van der Waals surface area contributed by atoms with E-state index in [1.54, 1.807) is 24.4 Å². The first-order chi connectivity index (χ1) is 20.9. The average Bonchev–Trinajstić information content (AvgIpc) is 3.62. The molecule has 4 amide bonds. The normalized spacial score (nSPS) is 19.1. The number of piperidine rings is 2. The quantitative estimate of drug-likeness (QED) is 0.323. The standard InChI is InChI=1S/C33H31N5O5/c39-29-11-10-27(31(41)36-29)38-19-22-17-23(8-9-25(22)32(38)42)35-30(40)16-20-12-14-37(15-13-20)33-34-18-28(43-33)26-7-3-5-21-4-1-2-6-24(21)26/h1-9,17-18,20,27H,10-16,19H2,(H,35,40)(H,36,39,41). The Hall–Kier alpha value is -4.99. The van der Waals surface area contributed by atoms with Crippen LogP contribution in [0.2, 0.25) is 0 Å². The van der Waals surface area contributed by atoms with Crippen molar-refractivity contribution >= 4 is 46.1 Å². The van der Waals surface area contributed by atoms with Gasteiger partial charge in [0.1, 0.15) is 6.04 Å². The molecule has 1 aromatic heterocycles. The van der Waals surface area contributed by atoms with Crippen molar-refractivity contribution in [2.75, 3.05) is 23.3 Å². The number of benzene rings is 3. The van der Waals surface area contributed by atoms with Gasteiger partial charge in [0.15, 0.2) is 5.76 Å². The third-order valence-corrected chi connectivity index (χ3v) is 8.71. The third kappa shape index (κ3) is 5.24. The summed E-state index contributed by atoms with van der Waals surface area (Å²) in [6, 6.07) is 19.5. The minimum absolute atomic E-state index is 0.0703. The molecule has 0 bridgehead atoms. The number of nitrogens with zero attached hydrogens (tertiary/aromatic N) is 3. The Labute approximate surface area is 248 Å². The van der Waals surface area contributed by atoms with Gasteiger partial charge in [0.05, 0.1) is 6.20 Å². The molecule has 218 valence electrons. The molecule has 10 nitrogen and oxygen atoms in total. The predicted octanol–water partition coefficient (Wildman–Crippen LogP) is 4.50. The van der Waals surface area contributed by atoms with E-state index in [1.165, 1.54) is 4.90 Å². The van der Waals surface area contributed by atoms with Crippen LogP contribution in [0.3, 0.4) is 0 Å². The zero-order chi connectivity index (χ0) is 29.5. The molecule has 4 aromatic rings. The van der Waals surface area contributed by atoms with Crippen molar-refractivity contribution in [1.82, 2.24) is 15.2 Å². The summed E-state index contributed by atoms with van der Waals surface area (Å²) in [6.07, 6.45) is 4.40. The Morgan fingerprint density at radius 1 is 0.977 bits per heavy atom. The lowest BCUT2D eigenvalue weighted by atomic mass is 9.93. The number of carbonyl (C=O) groups is 4. The summed E-state index contributed by atoms with van der Waals surface area (Å²) in [6.45, 7) is 1.78. The van der Waals surface area contributed by atoms with E-state index in [2.05, 4.69) is 38.7 Å². The SMILES string of the molecule is O=C1CCC(N2Cc3cc(NC(=O)CC4CCN(c5ncc(-c6cccc7ccccc67)o5)CC4)ccc3C2=O)C(=O)N1. The van der Waals surface area contributed by atoms with Crippen LogP contribution >= 0.6 is 0 Å². The molecular weight excluding hydrogens is 546 g/mol. The Bertz CT molecular complexity index is 1750. The molecule has 2 saturated heterocycles. The smallest absolute Gasteiger partial charge is 0.297 e. The summed E-state index contributed by atoms with van der Waals surface area (Å²) < 4.78 is 6.18. The van der Waals surface area contributed by atoms with E-state index in [4.69, 9.17) is 4.42 Å². The van der Waals surface area contributed by atoms with Crippen molar-refractivity contribution in [3.8, 4) is 11.3 Å². The van der Waals surface area contributed by atoms with E-state index >= 15 is 0 Å². The largest absolute Gasteiger partial charge is 0.423 e. The second kappa shape index (κ2) is 11.0. The maximum atomic E-state index is 12.9. The van der Waals surface area contributed by atoms with Crippen LogP contribution in [-0.2, 0) is 20.9 Å². The molecule has 2 N–H and O–H groups in total. The van der Waals surface area contributed by atoms with Crippen LogP contribution in [0.4, 0.5) is 11.7 Å². The molecule has 7 rings (SSSR count). The van der Waals surface area contributed by atoms with Crippen LogP contribution < -0.4 is 15.5 Å². The number of hydrogen-bond acceptors (Lipinski definition) is 7. The molecule has 2 fully saturated rings. The number of carbonyl (C=O) groups excluding carboxylic acids is 4. The van der Waals surface area contributed by atoms with Crippen molar-refractivity contribution < 1.29 is 23.6 Å². The van der Waals surface area contributed by atoms with Crippen LogP contribution in [0.5, 0.6) is 0 Å².